The van der Waals surface area contributed by atoms with E-state index in [9.17, 15) is 0 Å². The van der Waals surface area contributed by atoms with Gasteiger partial charge in [-0.25, -0.2) is 0 Å². The van der Waals surface area contributed by atoms with Crippen LogP contribution in [0.3, 0.4) is 0 Å². The Hall–Kier alpha value is -0.830. The molecule has 0 bridgehead atoms. The van der Waals surface area contributed by atoms with E-state index in [0.717, 1.165) is 31.0 Å². The number of thiophene rings is 1. The van der Waals surface area contributed by atoms with Gasteiger partial charge in [-0.05, 0) is 62.2 Å². The molecule has 0 unspecified atom stereocenters. The Morgan fingerprint density at radius 1 is 1.11 bits per heavy atom. The molecule has 0 radical (unpaired) electrons. The zero-order valence-corrected chi connectivity index (χ0v) is 12.0. The van der Waals surface area contributed by atoms with Gasteiger partial charge in [-0.3, -0.25) is 0 Å². The van der Waals surface area contributed by atoms with Crippen molar-refractivity contribution in [2.24, 2.45) is 0 Å². The third-order valence-electron chi connectivity index (χ3n) is 3.47. The van der Waals surface area contributed by atoms with E-state index < -0.39 is 0 Å². The van der Waals surface area contributed by atoms with E-state index in [4.69, 9.17) is 11.6 Å². The van der Waals surface area contributed by atoms with Gasteiger partial charge in [-0.15, -0.1) is 11.3 Å². The molecule has 0 saturated heterocycles. The molecule has 2 heterocycles. The lowest BCUT2D eigenvalue weighted by Crippen LogP contribution is -2.16. The lowest BCUT2D eigenvalue weighted by atomic mass is 9.96. The van der Waals surface area contributed by atoms with Gasteiger partial charge >= 0.3 is 0 Å². The van der Waals surface area contributed by atoms with E-state index in [2.05, 4.69) is 36.5 Å². The molecule has 3 heteroatoms. The summed E-state index contributed by atoms with van der Waals surface area (Å²) in [7, 11) is 0. The smallest absolute Gasteiger partial charge is 0.0495 e. The molecule has 94 valence electrons. The fraction of sp³-hybridized carbons (Fsp3) is 0.333. The summed E-state index contributed by atoms with van der Waals surface area (Å²) >= 11 is 8.27. The lowest BCUT2D eigenvalue weighted by Gasteiger charge is -2.13. The molecule has 0 saturated carbocycles. The lowest BCUT2D eigenvalue weighted by molar-refractivity contribution is 0.711. The highest BCUT2D eigenvalue weighted by molar-refractivity contribution is 7.15. The summed E-state index contributed by atoms with van der Waals surface area (Å²) in [6.45, 7) is 4.26. The van der Waals surface area contributed by atoms with Crippen LogP contribution in [-0.4, -0.2) is 13.1 Å². The summed E-state index contributed by atoms with van der Waals surface area (Å²) in [4.78, 5) is 2.64. The molecule has 2 aromatic rings. The summed E-state index contributed by atoms with van der Waals surface area (Å²) in [6, 6.07) is 8.61. The maximum Gasteiger partial charge on any atom is 0.0495 e. The minimum atomic E-state index is 0.887. The van der Waals surface area contributed by atoms with E-state index in [-0.39, 0.29) is 0 Å². The molecule has 3 rings (SSSR count). The summed E-state index contributed by atoms with van der Waals surface area (Å²) in [5, 5.41) is 4.34. The van der Waals surface area contributed by atoms with Crippen LogP contribution in [0.25, 0.3) is 10.4 Å². The molecule has 1 aliphatic rings. The third-order valence-corrected chi connectivity index (χ3v) is 4.80. The predicted octanol–water partition coefficient (Wildman–Crippen LogP) is 4.07. The van der Waals surface area contributed by atoms with E-state index >= 15 is 0 Å². The van der Waals surface area contributed by atoms with Crippen molar-refractivity contribution < 1.29 is 0 Å². The number of halogens is 1. The minimum Gasteiger partial charge on any atom is -0.316 e. The van der Waals surface area contributed by atoms with E-state index in [0.29, 0.717) is 0 Å². The Morgan fingerprint density at radius 2 is 1.94 bits per heavy atom. The van der Waals surface area contributed by atoms with E-state index in [1.807, 2.05) is 11.3 Å². The number of hydrogen-bond acceptors (Lipinski definition) is 2. The summed E-state index contributed by atoms with van der Waals surface area (Å²) < 4.78 is 0. The Balaban J connectivity index is 2.18. The van der Waals surface area contributed by atoms with Crippen molar-refractivity contribution in [1.29, 1.82) is 0 Å². The van der Waals surface area contributed by atoms with Gasteiger partial charge in [0.05, 0.1) is 0 Å². The van der Waals surface area contributed by atoms with Crippen molar-refractivity contribution in [2.45, 2.75) is 19.8 Å². The van der Waals surface area contributed by atoms with Crippen molar-refractivity contribution in [3.8, 4) is 10.4 Å². The van der Waals surface area contributed by atoms with Crippen LogP contribution in [-0.2, 0) is 12.8 Å². The quantitative estimate of drug-likeness (QED) is 0.829. The van der Waals surface area contributed by atoms with Crippen LogP contribution in [0.5, 0.6) is 0 Å². The predicted molar refractivity (Wildman–Crippen MR) is 79.8 cm³/mol. The highest BCUT2D eigenvalue weighted by Gasteiger charge is 2.16. The molecule has 1 aromatic heterocycles. The second-order valence-electron chi connectivity index (χ2n) is 4.72. The van der Waals surface area contributed by atoms with Crippen molar-refractivity contribution in [3.05, 3.63) is 45.3 Å². The Kier molecular flexibility index (Phi) is 3.42. The summed E-state index contributed by atoms with van der Waals surface area (Å²) in [5.41, 5.74) is 4.15. The number of benzene rings is 1. The highest BCUT2D eigenvalue weighted by Crippen LogP contribution is 2.38. The summed E-state index contributed by atoms with van der Waals surface area (Å²) in [5.74, 6) is 0. The average molecular weight is 278 g/mol. The van der Waals surface area contributed by atoms with Crippen LogP contribution in [0.4, 0.5) is 0 Å². The van der Waals surface area contributed by atoms with Gasteiger partial charge in [0.2, 0.25) is 0 Å². The Morgan fingerprint density at radius 3 is 2.72 bits per heavy atom. The second-order valence-corrected chi connectivity index (χ2v) is 6.42. The first kappa shape index (κ1) is 12.2. The van der Waals surface area contributed by atoms with Gasteiger partial charge in [0.1, 0.15) is 0 Å². The molecule has 0 amide bonds. The van der Waals surface area contributed by atoms with Crippen LogP contribution < -0.4 is 5.32 Å². The maximum atomic E-state index is 6.44. The Labute approximate surface area is 117 Å². The fourth-order valence-electron chi connectivity index (χ4n) is 2.58. The van der Waals surface area contributed by atoms with Crippen molar-refractivity contribution in [3.63, 3.8) is 0 Å². The molecule has 18 heavy (non-hydrogen) atoms. The highest BCUT2D eigenvalue weighted by atomic mass is 35.5. The number of fused-ring (bicyclic) bond motifs is 1. The monoisotopic (exact) mass is 277 g/mol. The van der Waals surface area contributed by atoms with Crippen LogP contribution >= 0.6 is 22.9 Å². The van der Waals surface area contributed by atoms with Gasteiger partial charge in [0, 0.05) is 20.3 Å². The Bertz CT molecular complexity index is 574. The average Bonchev–Trinajstić information content (AvgIpc) is 2.63. The molecule has 1 aliphatic heterocycles. The molecular formula is C15H16ClNS. The van der Waals surface area contributed by atoms with Crippen molar-refractivity contribution in [1.82, 2.24) is 5.32 Å². The third kappa shape index (κ3) is 2.20. The zero-order valence-electron chi connectivity index (χ0n) is 10.4. The SMILES string of the molecule is Cc1ccc(-c2c(Cl)ccc3c2CCNCC3)s1. The fourth-order valence-corrected chi connectivity index (χ4v) is 3.87. The maximum absolute atomic E-state index is 6.44. The first-order valence-corrected chi connectivity index (χ1v) is 7.53. The molecular weight excluding hydrogens is 262 g/mol. The van der Waals surface area contributed by atoms with Gasteiger partial charge in [0.25, 0.3) is 0 Å². The van der Waals surface area contributed by atoms with Crippen molar-refractivity contribution in [2.75, 3.05) is 13.1 Å². The number of aryl methyl sites for hydroxylation is 1. The number of rotatable bonds is 1. The van der Waals surface area contributed by atoms with Crippen LogP contribution in [0.15, 0.2) is 24.3 Å². The molecule has 0 spiro atoms. The second kappa shape index (κ2) is 5.04. The topological polar surface area (TPSA) is 12.0 Å². The van der Waals surface area contributed by atoms with Crippen LogP contribution in [0, 0.1) is 6.92 Å². The van der Waals surface area contributed by atoms with Crippen LogP contribution in [0.2, 0.25) is 5.02 Å². The first-order chi connectivity index (χ1) is 8.75. The number of nitrogens with one attached hydrogen (secondary N) is 1. The standard InChI is InChI=1S/C15H16ClNS/c1-10-2-5-14(18-10)15-12-7-9-17-8-6-11(12)3-4-13(15)16/h2-5,17H,6-9H2,1H3. The van der Waals surface area contributed by atoms with Crippen LogP contribution in [0.1, 0.15) is 16.0 Å². The van der Waals surface area contributed by atoms with Gasteiger partial charge in [-0.2, -0.15) is 0 Å². The van der Waals surface area contributed by atoms with Gasteiger partial charge in [0.15, 0.2) is 0 Å². The van der Waals surface area contributed by atoms with Gasteiger partial charge in [-0.1, -0.05) is 17.7 Å². The molecule has 1 N–H and O–H groups in total. The molecule has 0 fully saturated rings. The molecule has 0 aliphatic carbocycles. The molecule has 1 nitrogen and oxygen atoms in total. The molecule has 1 aromatic carbocycles. The zero-order chi connectivity index (χ0) is 12.5. The minimum absolute atomic E-state index is 0.887. The normalized spacial score (nSPS) is 15.2. The number of hydrogen-bond donors (Lipinski definition) is 1. The molecule has 0 atom stereocenters. The van der Waals surface area contributed by atoms with Gasteiger partial charge < -0.3 is 5.32 Å². The van der Waals surface area contributed by atoms with Crippen molar-refractivity contribution >= 4 is 22.9 Å². The summed E-state index contributed by atoms with van der Waals surface area (Å²) in [6.07, 6.45) is 2.17. The first-order valence-electron chi connectivity index (χ1n) is 6.33. The largest absolute Gasteiger partial charge is 0.316 e. The van der Waals surface area contributed by atoms with E-state index in [1.54, 1.807) is 0 Å². The van der Waals surface area contributed by atoms with E-state index in [1.165, 1.54) is 26.4 Å².